The van der Waals surface area contributed by atoms with Gasteiger partial charge < -0.3 is 15.9 Å². The lowest BCUT2D eigenvalue weighted by Crippen LogP contribution is -2.10. The van der Waals surface area contributed by atoms with Crippen molar-refractivity contribution in [2.45, 2.75) is 47.0 Å². The summed E-state index contributed by atoms with van der Waals surface area (Å²) in [5.41, 5.74) is 5.80. The molecule has 0 unspecified atom stereocenters. The molecule has 6 heteroatoms. The molecule has 6 nitrogen and oxygen atoms in total. The molecule has 0 bridgehead atoms. The van der Waals surface area contributed by atoms with Gasteiger partial charge >= 0.3 is 11.9 Å². The second-order valence-electron chi connectivity index (χ2n) is 4.43. The van der Waals surface area contributed by atoms with Gasteiger partial charge in [-0.3, -0.25) is 4.79 Å². The number of allylic oxidation sites excluding steroid dienone is 1. The van der Waals surface area contributed by atoms with E-state index in [2.05, 4.69) is 13.2 Å². The van der Waals surface area contributed by atoms with Crippen LogP contribution in [0.25, 0.3) is 0 Å². The normalized spacial score (nSPS) is 9.36. The van der Waals surface area contributed by atoms with Gasteiger partial charge in [0.2, 0.25) is 5.91 Å². The zero-order valence-electron chi connectivity index (χ0n) is 13.8. The maximum absolute atomic E-state index is 10.1. The summed E-state index contributed by atoms with van der Waals surface area (Å²) in [6, 6.07) is 0. The third kappa shape index (κ3) is 20.0. The Morgan fingerprint density at radius 3 is 1.64 bits per heavy atom. The van der Waals surface area contributed by atoms with Crippen molar-refractivity contribution in [3.63, 3.8) is 0 Å². The Bertz CT molecular complexity index is 424. The number of carbonyl (C=O) groups excluding carboxylic acids is 1. The van der Waals surface area contributed by atoms with E-state index in [9.17, 15) is 14.4 Å². The van der Waals surface area contributed by atoms with Gasteiger partial charge in [-0.1, -0.05) is 32.6 Å². The van der Waals surface area contributed by atoms with Crippen LogP contribution in [0.4, 0.5) is 0 Å². The molecule has 0 aliphatic carbocycles. The van der Waals surface area contributed by atoms with Crippen molar-refractivity contribution in [3.8, 4) is 0 Å². The Morgan fingerprint density at radius 1 is 1.09 bits per heavy atom. The maximum Gasteiger partial charge on any atom is 0.330 e. The monoisotopic (exact) mass is 313 g/mol. The quantitative estimate of drug-likeness (QED) is 0.652. The van der Waals surface area contributed by atoms with Gasteiger partial charge in [0.15, 0.2) is 0 Å². The van der Waals surface area contributed by atoms with E-state index in [1.54, 1.807) is 26.8 Å². The Balaban J connectivity index is -0.000000252. The molecule has 1 amide bonds. The molecule has 22 heavy (non-hydrogen) atoms. The van der Waals surface area contributed by atoms with E-state index in [4.69, 9.17) is 15.9 Å². The number of amides is 1. The van der Waals surface area contributed by atoms with Crippen LogP contribution in [-0.2, 0) is 14.4 Å². The van der Waals surface area contributed by atoms with Crippen molar-refractivity contribution in [2.24, 2.45) is 5.73 Å². The van der Waals surface area contributed by atoms with Crippen molar-refractivity contribution >= 4 is 17.8 Å². The molecule has 0 spiro atoms. The average Bonchev–Trinajstić information content (AvgIpc) is 2.44. The Labute approximate surface area is 132 Å². The van der Waals surface area contributed by atoms with Crippen molar-refractivity contribution in [3.05, 3.63) is 36.0 Å². The van der Waals surface area contributed by atoms with Crippen molar-refractivity contribution < 1.29 is 24.6 Å². The molecule has 0 aliphatic heterocycles. The van der Waals surface area contributed by atoms with Gasteiger partial charge in [-0.15, -0.1) is 0 Å². The molecule has 0 saturated carbocycles. The number of carboxylic acids is 2. The number of hydrogen-bond donors (Lipinski definition) is 3. The number of nitrogens with two attached hydrogens (primary N) is 1. The summed E-state index contributed by atoms with van der Waals surface area (Å²) in [6.07, 6.45) is 4.12. The lowest BCUT2D eigenvalue weighted by atomic mass is 10.1. The number of unbranched alkanes of at least 4 members (excludes halogenated alkanes) is 1. The summed E-state index contributed by atoms with van der Waals surface area (Å²) in [5.74, 6) is -2.15. The summed E-state index contributed by atoms with van der Waals surface area (Å²) in [4.78, 5) is 29.8. The van der Waals surface area contributed by atoms with Gasteiger partial charge in [0.25, 0.3) is 0 Å². The standard InChI is InChI=1S/C7H12O2.C5H8O2.C4H7NO/c1-3-4-5-6(2)7(8)9;1-3-4(2)5(6)7;1-3(2)4(5)6/h2-5H2,1H3,(H,8,9);3H,1-2H3,(H,6,7);1H2,2H3,(H2,5,6). The molecular weight excluding hydrogens is 286 g/mol. The van der Waals surface area contributed by atoms with E-state index in [1.807, 2.05) is 6.92 Å². The number of carboxylic acid groups (broad SMARTS) is 2. The molecule has 4 N–H and O–H groups in total. The van der Waals surface area contributed by atoms with Gasteiger partial charge in [0.05, 0.1) is 0 Å². The first-order valence-corrected chi connectivity index (χ1v) is 6.73. The van der Waals surface area contributed by atoms with Crippen molar-refractivity contribution in [1.29, 1.82) is 0 Å². The minimum atomic E-state index is -0.872. The van der Waals surface area contributed by atoms with Crippen LogP contribution < -0.4 is 5.73 Å². The summed E-state index contributed by atoms with van der Waals surface area (Å²) in [7, 11) is 0. The highest BCUT2D eigenvalue weighted by molar-refractivity contribution is 5.90. The topological polar surface area (TPSA) is 118 Å². The molecule has 0 atom stereocenters. The first-order chi connectivity index (χ1) is 10.0. The number of aliphatic carboxylic acids is 2. The fourth-order valence-corrected chi connectivity index (χ4v) is 0.621. The van der Waals surface area contributed by atoms with Crippen LogP contribution in [0.2, 0.25) is 0 Å². The van der Waals surface area contributed by atoms with Crippen LogP contribution >= 0.6 is 0 Å². The number of carbonyl (C=O) groups is 3. The van der Waals surface area contributed by atoms with Gasteiger partial charge in [-0.2, -0.15) is 0 Å². The minimum absolute atomic E-state index is 0.317. The molecule has 0 aliphatic rings. The van der Waals surface area contributed by atoms with E-state index < -0.39 is 17.8 Å². The zero-order chi connectivity index (χ0) is 18.3. The lowest BCUT2D eigenvalue weighted by molar-refractivity contribution is -0.133. The smallest absolute Gasteiger partial charge is 0.330 e. The summed E-state index contributed by atoms with van der Waals surface area (Å²) < 4.78 is 0. The SMILES string of the molecule is C=C(C)C(N)=O.C=C(CCCC)C(=O)O.CC=C(C)C(=O)O. The molecule has 0 saturated heterocycles. The first-order valence-electron chi connectivity index (χ1n) is 6.73. The van der Waals surface area contributed by atoms with Crippen molar-refractivity contribution in [1.82, 2.24) is 0 Å². The van der Waals surface area contributed by atoms with Crippen LogP contribution in [0.3, 0.4) is 0 Å². The largest absolute Gasteiger partial charge is 0.478 e. The fraction of sp³-hybridized carbons (Fsp3) is 0.438. The first kappa shape index (κ1) is 24.6. The highest BCUT2D eigenvalue weighted by Gasteiger charge is 2.00. The molecule has 0 aromatic rings. The molecule has 126 valence electrons. The Hall–Kier alpha value is -2.37. The predicted molar refractivity (Wildman–Crippen MR) is 87.4 cm³/mol. The van der Waals surface area contributed by atoms with Gasteiger partial charge in [0, 0.05) is 16.7 Å². The molecule has 0 heterocycles. The summed E-state index contributed by atoms with van der Waals surface area (Å²) >= 11 is 0. The highest BCUT2D eigenvalue weighted by atomic mass is 16.4. The molecule has 0 rings (SSSR count). The molecule has 0 aromatic carbocycles. The van der Waals surface area contributed by atoms with Crippen LogP contribution in [0, 0.1) is 0 Å². The van der Waals surface area contributed by atoms with Gasteiger partial charge in [-0.25, -0.2) is 9.59 Å². The Kier molecular flexibility index (Phi) is 16.8. The van der Waals surface area contributed by atoms with E-state index in [-0.39, 0.29) is 0 Å². The third-order valence-corrected chi connectivity index (χ3v) is 2.33. The molecular formula is C16H27NO5. The fourth-order valence-electron chi connectivity index (χ4n) is 0.621. The van der Waals surface area contributed by atoms with Crippen LogP contribution in [0.1, 0.15) is 47.0 Å². The second-order valence-corrected chi connectivity index (χ2v) is 4.43. The second kappa shape index (κ2) is 15.0. The van der Waals surface area contributed by atoms with Gasteiger partial charge in [0.1, 0.15) is 0 Å². The predicted octanol–water partition coefficient (Wildman–Crippen LogP) is 2.90. The number of hydrogen-bond acceptors (Lipinski definition) is 3. The summed E-state index contributed by atoms with van der Waals surface area (Å²) in [6.45, 7) is 13.5. The summed E-state index contributed by atoms with van der Waals surface area (Å²) in [5, 5.41) is 16.4. The van der Waals surface area contributed by atoms with E-state index >= 15 is 0 Å². The minimum Gasteiger partial charge on any atom is -0.478 e. The maximum atomic E-state index is 10.1. The molecule has 0 aromatic heterocycles. The van der Waals surface area contributed by atoms with Crippen molar-refractivity contribution in [2.75, 3.05) is 0 Å². The van der Waals surface area contributed by atoms with Crippen LogP contribution in [-0.4, -0.2) is 28.1 Å². The van der Waals surface area contributed by atoms with E-state index in [0.29, 0.717) is 23.1 Å². The van der Waals surface area contributed by atoms with E-state index in [1.165, 1.54) is 0 Å². The van der Waals surface area contributed by atoms with Crippen LogP contribution in [0.15, 0.2) is 36.0 Å². The highest BCUT2D eigenvalue weighted by Crippen LogP contribution is 2.03. The molecule has 0 fully saturated rings. The number of rotatable bonds is 6. The van der Waals surface area contributed by atoms with E-state index in [0.717, 1.165) is 12.8 Å². The Morgan fingerprint density at radius 2 is 1.50 bits per heavy atom. The van der Waals surface area contributed by atoms with Gasteiger partial charge in [-0.05, 0) is 33.6 Å². The van der Waals surface area contributed by atoms with Crippen LogP contribution in [0.5, 0.6) is 0 Å². The average molecular weight is 313 g/mol. The molecule has 0 radical (unpaired) electrons. The zero-order valence-corrected chi connectivity index (χ0v) is 13.8. The lowest BCUT2D eigenvalue weighted by Gasteiger charge is -1.95. The third-order valence-electron chi connectivity index (χ3n) is 2.33. The number of primary amides is 1.